The molecule has 0 spiro atoms. The minimum atomic E-state index is -0.321. The van der Waals surface area contributed by atoms with Crippen LogP contribution in [0.3, 0.4) is 0 Å². The largest absolute Gasteiger partial charge is 0.484 e. The number of hydrogen-bond acceptors (Lipinski definition) is 4. The molecule has 0 atom stereocenters. The van der Waals surface area contributed by atoms with E-state index >= 15 is 0 Å². The molecule has 1 aromatic carbocycles. The highest BCUT2D eigenvalue weighted by atomic mass is 35.5. The SMILES string of the molecule is CCCNCCNC(=O)CNC(=O)COc1ccccc1.Cl. The quantitative estimate of drug-likeness (QED) is 0.553. The zero-order chi connectivity index (χ0) is 15.3. The molecule has 2 amide bonds. The Bertz CT molecular complexity index is 429. The first-order valence-corrected chi connectivity index (χ1v) is 7.14. The Morgan fingerprint density at radius 2 is 1.73 bits per heavy atom. The number of ether oxygens (including phenoxy) is 1. The summed E-state index contributed by atoms with van der Waals surface area (Å²) in [6.45, 7) is 4.15. The lowest BCUT2D eigenvalue weighted by molar-refractivity contribution is -0.127. The molecule has 0 heterocycles. The van der Waals surface area contributed by atoms with E-state index in [-0.39, 0.29) is 37.4 Å². The lowest BCUT2D eigenvalue weighted by Crippen LogP contribution is -2.41. The third-order valence-electron chi connectivity index (χ3n) is 2.61. The van der Waals surface area contributed by atoms with Gasteiger partial charge in [0, 0.05) is 13.1 Å². The molecule has 22 heavy (non-hydrogen) atoms. The molecule has 0 aliphatic rings. The van der Waals surface area contributed by atoms with Crippen molar-refractivity contribution in [2.24, 2.45) is 0 Å². The summed E-state index contributed by atoms with van der Waals surface area (Å²) in [5.41, 5.74) is 0. The van der Waals surface area contributed by atoms with Crippen molar-refractivity contribution >= 4 is 24.2 Å². The van der Waals surface area contributed by atoms with E-state index in [9.17, 15) is 9.59 Å². The van der Waals surface area contributed by atoms with E-state index in [4.69, 9.17) is 4.74 Å². The number of carbonyl (C=O) groups excluding carboxylic acids is 2. The maximum absolute atomic E-state index is 11.5. The Kier molecular flexibility index (Phi) is 11.9. The van der Waals surface area contributed by atoms with Crippen LogP contribution in [0, 0.1) is 0 Å². The molecule has 3 N–H and O–H groups in total. The number of nitrogens with one attached hydrogen (secondary N) is 3. The van der Waals surface area contributed by atoms with Gasteiger partial charge < -0.3 is 20.7 Å². The molecule has 0 aliphatic heterocycles. The summed E-state index contributed by atoms with van der Waals surface area (Å²) in [5.74, 6) is 0.0959. The minimum absolute atomic E-state index is 0. The smallest absolute Gasteiger partial charge is 0.258 e. The van der Waals surface area contributed by atoms with Crippen LogP contribution in [-0.2, 0) is 9.59 Å². The highest BCUT2D eigenvalue weighted by Gasteiger charge is 2.05. The number of halogens is 1. The predicted molar refractivity (Wildman–Crippen MR) is 88.4 cm³/mol. The summed E-state index contributed by atoms with van der Waals surface area (Å²) >= 11 is 0. The van der Waals surface area contributed by atoms with Crippen molar-refractivity contribution in [3.8, 4) is 5.75 Å². The van der Waals surface area contributed by atoms with Gasteiger partial charge in [-0.05, 0) is 25.1 Å². The van der Waals surface area contributed by atoms with Crippen molar-refractivity contribution in [3.05, 3.63) is 30.3 Å². The van der Waals surface area contributed by atoms with Crippen molar-refractivity contribution in [1.82, 2.24) is 16.0 Å². The molecular formula is C15H24ClN3O3. The zero-order valence-electron chi connectivity index (χ0n) is 12.8. The van der Waals surface area contributed by atoms with Gasteiger partial charge in [0.15, 0.2) is 6.61 Å². The lowest BCUT2D eigenvalue weighted by atomic mass is 10.3. The summed E-state index contributed by atoms with van der Waals surface area (Å²) in [6.07, 6.45) is 1.06. The molecule has 0 bridgehead atoms. The highest BCUT2D eigenvalue weighted by molar-refractivity contribution is 5.85. The molecule has 1 rings (SSSR count). The van der Waals surface area contributed by atoms with Crippen LogP contribution in [0.1, 0.15) is 13.3 Å². The lowest BCUT2D eigenvalue weighted by Gasteiger charge is -2.08. The fraction of sp³-hybridized carbons (Fsp3) is 0.467. The molecular weight excluding hydrogens is 306 g/mol. The normalized spacial score (nSPS) is 9.50. The fourth-order valence-electron chi connectivity index (χ4n) is 1.55. The first kappa shape index (κ1) is 20.2. The molecule has 0 saturated carbocycles. The Morgan fingerprint density at radius 1 is 1.00 bits per heavy atom. The third kappa shape index (κ3) is 10.0. The maximum Gasteiger partial charge on any atom is 0.258 e. The van der Waals surface area contributed by atoms with Gasteiger partial charge in [-0.1, -0.05) is 25.1 Å². The van der Waals surface area contributed by atoms with Crippen molar-refractivity contribution in [1.29, 1.82) is 0 Å². The molecule has 1 aromatic rings. The number of benzene rings is 1. The average Bonchev–Trinajstić information content (AvgIpc) is 2.51. The Labute approximate surface area is 137 Å². The van der Waals surface area contributed by atoms with Crippen molar-refractivity contribution in [2.45, 2.75) is 13.3 Å². The van der Waals surface area contributed by atoms with E-state index in [1.165, 1.54) is 0 Å². The predicted octanol–water partition coefficient (Wildman–Crippen LogP) is 0.719. The monoisotopic (exact) mass is 329 g/mol. The molecule has 7 heteroatoms. The number of hydrogen-bond donors (Lipinski definition) is 3. The summed E-state index contributed by atoms with van der Waals surface area (Å²) in [7, 11) is 0. The van der Waals surface area contributed by atoms with Crippen LogP contribution in [0.15, 0.2) is 30.3 Å². The van der Waals surface area contributed by atoms with Crippen LogP contribution in [-0.4, -0.2) is 44.6 Å². The molecule has 0 radical (unpaired) electrons. The van der Waals surface area contributed by atoms with Gasteiger partial charge in [0.25, 0.3) is 5.91 Å². The van der Waals surface area contributed by atoms with E-state index in [0.717, 1.165) is 19.5 Å². The molecule has 124 valence electrons. The Balaban J connectivity index is 0.00000441. The molecule has 0 fully saturated rings. The minimum Gasteiger partial charge on any atom is -0.484 e. The van der Waals surface area contributed by atoms with Crippen LogP contribution in [0.5, 0.6) is 5.75 Å². The van der Waals surface area contributed by atoms with Crippen LogP contribution in [0.2, 0.25) is 0 Å². The van der Waals surface area contributed by atoms with Gasteiger partial charge >= 0.3 is 0 Å². The van der Waals surface area contributed by atoms with Crippen molar-refractivity contribution in [3.63, 3.8) is 0 Å². The molecule has 0 unspecified atom stereocenters. The second-order valence-electron chi connectivity index (χ2n) is 4.48. The average molecular weight is 330 g/mol. The molecule has 0 aromatic heterocycles. The number of amides is 2. The summed E-state index contributed by atoms with van der Waals surface area (Å²) < 4.78 is 5.27. The van der Waals surface area contributed by atoms with Crippen molar-refractivity contribution in [2.75, 3.05) is 32.8 Å². The molecule has 0 aliphatic carbocycles. The second-order valence-corrected chi connectivity index (χ2v) is 4.48. The van der Waals surface area contributed by atoms with E-state index in [1.54, 1.807) is 12.1 Å². The molecule has 6 nitrogen and oxygen atoms in total. The first-order chi connectivity index (χ1) is 10.2. The van der Waals surface area contributed by atoms with E-state index in [1.807, 2.05) is 18.2 Å². The highest BCUT2D eigenvalue weighted by Crippen LogP contribution is 2.07. The fourth-order valence-corrected chi connectivity index (χ4v) is 1.55. The zero-order valence-corrected chi connectivity index (χ0v) is 13.6. The van der Waals surface area contributed by atoms with Crippen LogP contribution < -0.4 is 20.7 Å². The number of rotatable bonds is 10. The maximum atomic E-state index is 11.5. The summed E-state index contributed by atoms with van der Waals surface area (Å²) in [5, 5.41) is 8.39. The number of para-hydroxylation sites is 1. The van der Waals surface area contributed by atoms with Gasteiger partial charge in [0.05, 0.1) is 6.54 Å². The van der Waals surface area contributed by atoms with Crippen LogP contribution in [0.25, 0.3) is 0 Å². The van der Waals surface area contributed by atoms with Gasteiger partial charge in [0.2, 0.25) is 5.91 Å². The summed E-state index contributed by atoms with van der Waals surface area (Å²) in [4.78, 5) is 23.0. The van der Waals surface area contributed by atoms with Crippen LogP contribution in [0.4, 0.5) is 0 Å². The third-order valence-corrected chi connectivity index (χ3v) is 2.61. The van der Waals surface area contributed by atoms with Gasteiger partial charge in [0.1, 0.15) is 5.75 Å². The Hall–Kier alpha value is -1.79. The van der Waals surface area contributed by atoms with Crippen LogP contribution >= 0.6 is 12.4 Å². The first-order valence-electron chi connectivity index (χ1n) is 7.14. The standard InChI is InChI=1S/C15H23N3O3.ClH/c1-2-8-16-9-10-17-14(19)11-18-15(20)12-21-13-6-4-3-5-7-13;/h3-7,16H,2,8-12H2,1H3,(H,17,19)(H,18,20);1H. The van der Waals surface area contributed by atoms with E-state index < -0.39 is 0 Å². The summed E-state index contributed by atoms with van der Waals surface area (Å²) in [6, 6.07) is 9.06. The number of carbonyl (C=O) groups is 2. The second kappa shape index (κ2) is 12.9. The van der Waals surface area contributed by atoms with Gasteiger partial charge in [-0.25, -0.2) is 0 Å². The molecule has 0 saturated heterocycles. The Morgan fingerprint density at radius 3 is 2.41 bits per heavy atom. The van der Waals surface area contributed by atoms with Crippen molar-refractivity contribution < 1.29 is 14.3 Å². The topological polar surface area (TPSA) is 79.5 Å². The van der Waals surface area contributed by atoms with Gasteiger partial charge in [-0.15, -0.1) is 12.4 Å². The van der Waals surface area contributed by atoms with Gasteiger partial charge in [-0.3, -0.25) is 9.59 Å². The van der Waals surface area contributed by atoms with E-state index in [0.29, 0.717) is 12.3 Å². The van der Waals surface area contributed by atoms with E-state index in [2.05, 4.69) is 22.9 Å². The van der Waals surface area contributed by atoms with Gasteiger partial charge in [-0.2, -0.15) is 0 Å².